The van der Waals surface area contributed by atoms with E-state index in [1.165, 1.54) is 18.7 Å². The quantitative estimate of drug-likeness (QED) is 0.503. The Morgan fingerprint density at radius 3 is 2.94 bits per heavy atom. The summed E-state index contributed by atoms with van der Waals surface area (Å²) in [6.45, 7) is 7.63. The minimum absolute atomic E-state index is 0.269. The van der Waals surface area contributed by atoms with Crippen LogP contribution in [0.25, 0.3) is 10.9 Å². The largest absolute Gasteiger partial charge is 0.491 e. The van der Waals surface area contributed by atoms with Crippen LogP contribution in [0.1, 0.15) is 23.7 Å². The van der Waals surface area contributed by atoms with Gasteiger partial charge in [0.1, 0.15) is 17.7 Å². The zero-order valence-electron chi connectivity index (χ0n) is 19.9. The van der Waals surface area contributed by atoms with Crippen molar-refractivity contribution in [2.75, 3.05) is 51.8 Å². The van der Waals surface area contributed by atoms with E-state index in [1.807, 2.05) is 16.7 Å². The van der Waals surface area contributed by atoms with Crippen LogP contribution < -0.4 is 20.4 Å². The van der Waals surface area contributed by atoms with Gasteiger partial charge in [-0.1, -0.05) is 0 Å². The maximum absolute atomic E-state index is 12.7. The molecule has 1 atom stereocenters. The number of benzene rings is 1. The van der Waals surface area contributed by atoms with E-state index in [-0.39, 0.29) is 6.10 Å². The molecule has 0 unspecified atom stereocenters. The van der Waals surface area contributed by atoms with Crippen LogP contribution in [0.15, 0.2) is 35.8 Å². The van der Waals surface area contributed by atoms with Gasteiger partial charge in [-0.15, -0.1) is 0 Å². The number of carbonyl (C=O) groups is 1. The number of carbonyl (C=O) groups excluding carboxylic acids is 1. The third-order valence-electron chi connectivity index (χ3n) is 6.12. The Bertz CT molecular complexity index is 1280. The molecule has 0 saturated carbocycles. The van der Waals surface area contributed by atoms with Crippen LogP contribution in [0.4, 0.5) is 5.82 Å². The summed E-state index contributed by atoms with van der Waals surface area (Å²) in [6, 6.07) is 3.87. The molecule has 1 amide bonds. The fraction of sp³-hybridized carbons (Fsp3) is 0.458. The van der Waals surface area contributed by atoms with Gasteiger partial charge in [-0.3, -0.25) is 14.3 Å². The normalized spacial score (nSPS) is 18.3. The predicted octanol–water partition coefficient (Wildman–Crippen LogP) is 1.49. The molecule has 0 radical (unpaired) electrons. The van der Waals surface area contributed by atoms with Gasteiger partial charge in [0.2, 0.25) is 5.62 Å². The predicted molar refractivity (Wildman–Crippen MR) is 129 cm³/mol. The van der Waals surface area contributed by atoms with Gasteiger partial charge in [0.25, 0.3) is 5.91 Å². The van der Waals surface area contributed by atoms with Gasteiger partial charge >= 0.3 is 0 Å². The van der Waals surface area contributed by atoms with Crippen LogP contribution in [0.5, 0.6) is 11.5 Å². The molecule has 3 aromatic rings. The number of aromatic nitrogens is 4. The average Bonchev–Trinajstić information content (AvgIpc) is 3.38. The van der Waals surface area contributed by atoms with Gasteiger partial charge < -0.3 is 19.5 Å². The number of nitrogens with zero attached hydrogens (tertiary/aromatic N) is 6. The van der Waals surface area contributed by atoms with Crippen molar-refractivity contribution in [3.8, 4) is 11.5 Å². The van der Waals surface area contributed by atoms with Crippen molar-refractivity contribution < 1.29 is 19.0 Å². The summed E-state index contributed by atoms with van der Waals surface area (Å²) in [6.07, 6.45) is 5.40. The second-order valence-corrected chi connectivity index (χ2v) is 8.56. The fourth-order valence-corrected chi connectivity index (χ4v) is 4.47. The Labute approximate surface area is 202 Å². The van der Waals surface area contributed by atoms with Crippen molar-refractivity contribution in [2.24, 2.45) is 4.99 Å². The van der Waals surface area contributed by atoms with Crippen molar-refractivity contribution in [1.29, 1.82) is 0 Å². The van der Waals surface area contributed by atoms with Crippen molar-refractivity contribution in [3.63, 3.8) is 0 Å². The first kappa shape index (κ1) is 23.2. The number of amides is 1. The van der Waals surface area contributed by atoms with E-state index in [2.05, 4.69) is 32.1 Å². The number of morpholine rings is 1. The molecular formula is C24H29N7O4. The Balaban J connectivity index is 1.42. The minimum atomic E-state index is -0.456. The van der Waals surface area contributed by atoms with Gasteiger partial charge in [0.15, 0.2) is 11.5 Å². The molecule has 0 spiro atoms. The SMILES string of the molecule is COc1c(OCCCN2CCO[C@H](C)C2)ccc2c3n(c(=NC(=O)c4cncnc4)nc12)CCN3. The summed E-state index contributed by atoms with van der Waals surface area (Å²) in [5.41, 5.74) is 1.18. The van der Waals surface area contributed by atoms with E-state index in [0.29, 0.717) is 47.9 Å². The summed E-state index contributed by atoms with van der Waals surface area (Å²) < 4.78 is 19.3. The highest BCUT2D eigenvalue weighted by molar-refractivity contribution is 5.96. The molecule has 2 aliphatic heterocycles. The third-order valence-corrected chi connectivity index (χ3v) is 6.12. The second kappa shape index (κ2) is 10.4. The Kier molecular flexibility index (Phi) is 6.87. The molecular weight excluding hydrogens is 450 g/mol. The standard InChI is InChI=1S/C24H29N7O4/c1-16-14-30(9-11-34-16)7-3-10-35-19-5-4-18-20(21(19)33-2)28-24(31-8-6-27-22(18)31)29-23(32)17-12-25-15-26-13-17/h4-5,12-13,15-16,27H,3,6-11,14H2,1-2H3/t16-/m1/s1. The first-order valence-electron chi connectivity index (χ1n) is 11.8. The Morgan fingerprint density at radius 1 is 1.29 bits per heavy atom. The summed E-state index contributed by atoms with van der Waals surface area (Å²) in [7, 11) is 1.59. The van der Waals surface area contributed by atoms with Crippen molar-refractivity contribution in [3.05, 3.63) is 42.0 Å². The smallest absolute Gasteiger partial charge is 0.283 e. The van der Waals surface area contributed by atoms with Crippen molar-refractivity contribution in [2.45, 2.75) is 26.0 Å². The van der Waals surface area contributed by atoms with E-state index in [9.17, 15) is 4.79 Å². The van der Waals surface area contributed by atoms with Crippen LogP contribution in [0, 0.1) is 0 Å². The summed E-state index contributed by atoms with van der Waals surface area (Å²) >= 11 is 0. The Morgan fingerprint density at radius 2 is 2.14 bits per heavy atom. The van der Waals surface area contributed by atoms with Crippen molar-refractivity contribution in [1.82, 2.24) is 24.4 Å². The first-order valence-corrected chi connectivity index (χ1v) is 11.8. The number of ether oxygens (including phenoxy) is 3. The zero-order valence-corrected chi connectivity index (χ0v) is 19.9. The van der Waals surface area contributed by atoms with Gasteiger partial charge in [-0.25, -0.2) is 15.0 Å². The van der Waals surface area contributed by atoms with Gasteiger partial charge in [0.05, 0.1) is 32.0 Å². The highest BCUT2D eigenvalue weighted by atomic mass is 16.5. The summed E-state index contributed by atoms with van der Waals surface area (Å²) in [5, 5.41) is 4.25. The van der Waals surface area contributed by atoms with Gasteiger partial charge in [-0.05, 0) is 25.5 Å². The van der Waals surface area contributed by atoms with Gasteiger partial charge in [0, 0.05) is 50.5 Å². The van der Waals surface area contributed by atoms with Crippen LogP contribution in [0.2, 0.25) is 0 Å². The molecule has 11 heteroatoms. The van der Waals surface area contributed by atoms with E-state index in [1.54, 1.807) is 7.11 Å². The van der Waals surface area contributed by atoms with E-state index in [0.717, 1.165) is 43.9 Å². The monoisotopic (exact) mass is 479 g/mol. The van der Waals surface area contributed by atoms with E-state index < -0.39 is 5.91 Å². The minimum Gasteiger partial charge on any atom is -0.491 e. The number of rotatable bonds is 7. The molecule has 35 heavy (non-hydrogen) atoms. The summed E-state index contributed by atoms with van der Waals surface area (Å²) in [5.74, 6) is 1.52. The zero-order chi connectivity index (χ0) is 24.2. The molecule has 11 nitrogen and oxygen atoms in total. The second-order valence-electron chi connectivity index (χ2n) is 8.56. The molecule has 5 rings (SSSR count). The van der Waals surface area contributed by atoms with Crippen molar-refractivity contribution >= 4 is 22.6 Å². The molecule has 0 aliphatic carbocycles. The highest BCUT2D eigenvalue weighted by Crippen LogP contribution is 2.37. The number of methoxy groups -OCH3 is 1. The fourth-order valence-electron chi connectivity index (χ4n) is 4.47. The lowest BCUT2D eigenvalue weighted by atomic mass is 10.2. The van der Waals surface area contributed by atoms with Crippen LogP contribution in [0.3, 0.4) is 0 Å². The lowest BCUT2D eigenvalue weighted by Crippen LogP contribution is -2.41. The third kappa shape index (κ3) is 4.96. The molecule has 1 aromatic carbocycles. The number of fused-ring (bicyclic) bond motifs is 3. The number of hydrogen-bond acceptors (Lipinski definition) is 9. The number of anilines is 1. The lowest BCUT2D eigenvalue weighted by molar-refractivity contribution is -0.0193. The van der Waals surface area contributed by atoms with E-state index >= 15 is 0 Å². The lowest BCUT2D eigenvalue weighted by Gasteiger charge is -2.30. The number of hydrogen-bond donors (Lipinski definition) is 1. The molecule has 0 bridgehead atoms. The first-order chi connectivity index (χ1) is 17.1. The highest BCUT2D eigenvalue weighted by Gasteiger charge is 2.21. The average molecular weight is 480 g/mol. The maximum Gasteiger partial charge on any atom is 0.283 e. The molecule has 4 heterocycles. The maximum atomic E-state index is 12.7. The van der Waals surface area contributed by atoms with E-state index in [4.69, 9.17) is 19.2 Å². The van der Waals surface area contributed by atoms with Gasteiger partial charge in [-0.2, -0.15) is 4.99 Å². The van der Waals surface area contributed by atoms with Crippen LogP contribution in [-0.4, -0.2) is 82.9 Å². The molecule has 1 saturated heterocycles. The molecule has 2 aliphatic rings. The molecule has 1 fully saturated rings. The van der Waals surface area contributed by atoms with Crippen LogP contribution >= 0.6 is 0 Å². The topological polar surface area (TPSA) is 116 Å². The van der Waals surface area contributed by atoms with Crippen LogP contribution in [-0.2, 0) is 11.3 Å². The molecule has 2 aromatic heterocycles. The Hall–Kier alpha value is -3.57. The molecule has 184 valence electrons. The summed E-state index contributed by atoms with van der Waals surface area (Å²) in [4.78, 5) is 31.9. The molecule has 1 N–H and O–H groups in total. The number of nitrogens with one attached hydrogen (secondary N) is 1.